The van der Waals surface area contributed by atoms with Crippen LogP contribution < -0.4 is 9.47 Å². The van der Waals surface area contributed by atoms with Crippen molar-refractivity contribution in [3.63, 3.8) is 0 Å². The molecule has 0 aliphatic carbocycles. The lowest BCUT2D eigenvalue weighted by Gasteiger charge is -1.99. The van der Waals surface area contributed by atoms with E-state index in [4.69, 9.17) is 9.47 Å². The summed E-state index contributed by atoms with van der Waals surface area (Å²) >= 11 is 0. The molecule has 0 saturated heterocycles. The Labute approximate surface area is 119 Å². The van der Waals surface area contributed by atoms with Crippen molar-refractivity contribution in [1.29, 1.82) is 0 Å². The zero-order chi connectivity index (χ0) is 13.9. The Morgan fingerprint density at radius 2 is 1.00 bits per heavy atom. The first-order valence-corrected chi connectivity index (χ1v) is 6.26. The van der Waals surface area contributed by atoms with Gasteiger partial charge in [0, 0.05) is 0 Å². The fraction of sp³-hybridized carbons (Fsp3) is 0.111. The molecule has 0 heterocycles. The molecule has 2 rings (SSSR count). The van der Waals surface area contributed by atoms with Crippen LogP contribution in [0, 0.1) is 23.7 Å². The van der Waals surface area contributed by atoms with E-state index in [0.29, 0.717) is 13.2 Å². The Kier molecular flexibility index (Phi) is 5.64. The zero-order valence-electron chi connectivity index (χ0n) is 11.0. The minimum absolute atomic E-state index is 0.332. The standard InChI is InChI=1S/C18H14O2/c1(9-15-19-17-11-5-3-6-12-17)2-10-16-20-18-13-7-4-8-14-18/h3-8,11-14H,15-16H2. The van der Waals surface area contributed by atoms with Crippen molar-refractivity contribution in [1.82, 2.24) is 0 Å². The van der Waals surface area contributed by atoms with Crippen molar-refractivity contribution < 1.29 is 9.47 Å². The van der Waals surface area contributed by atoms with Gasteiger partial charge in [-0.25, -0.2) is 0 Å². The van der Waals surface area contributed by atoms with E-state index in [2.05, 4.69) is 23.7 Å². The molecule has 0 fully saturated rings. The largest absolute Gasteiger partial charge is 0.481 e. The number of hydrogen-bond acceptors (Lipinski definition) is 2. The van der Waals surface area contributed by atoms with Crippen molar-refractivity contribution in [2.45, 2.75) is 0 Å². The minimum atomic E-state index is 0.332. The van der Waals surface area contributed by atoms with Gasteiger partial charge in [0.05, 0.1) is 0 Å². The molecule has 0 aromatic heterocycles. The normalized spacial score (nSPS) is 8.60. The fourth-order valence-electron chi connectivity index (χ4n) is 1.43. The highest BCUT2D eigenvalue weighted by molar-refractivity contribution is 5.28. The van der Waals surface area contributed by atoms with E-state index in [1.807, 2.05) is 60.7 Å². The van der Waals surface area contributed by atoms with Crippen molar-refractivity contribution in [3.05, 3.63) is 60.7 Å². The van der Waals surface area contributed by atoms with Gasteiger partial charge in [-0.05, 0) is 47.9 Å². The molecule has 0 radical (unpaired) electrons. The lowest BCUT2D eigenvalue weighted by Crippen LogP contribution is -1.93. The Balaban J connectivity index is 1.66. The Morgan fingerprint density at radius 1 is 0.600 bits per heavy atom. The molecule has 0 saturated carbocycles. The average Bonchev–Trinajstić information content (AvgIpc) is 2.52. The van der Waals surface area contributed by atoms with Gasteiger partial charge in [0.15, 0.2) is 0 Å². The molecule has 2 aromatic carbocycles. The first-order chi connectivity index (χ1) is 9.95. The van der Waals surface area contributed by atoms with E-state index in [0.717, 1.165) is 11.5 Å². The molecule has 0 unspecified atom stereocenters. The Morgan fingerprint density at radius 3 is 1.40 bits per heavy atom. The summed E-state index contributed by atoms with van der Waals surface area (Å²) in [6.07, 6.45) is 0. The molecule has 0 amide bonds. The number of ether oxygens (including phenoxy) is 2. The third kappa shape index (κ3) is 5.21. The molecule has 2 aromatic rings. The van der Waals surface area contributed by atoms with Crippen LogP contribution >= 0.6 is 0 Å². The highest BCUT2D eigenvalue weighted by atomic mass is 16.5. The van der Waals surface area contributed by atoms with Crippen LogP contribution in [0.1, 0.15) is 0 Å². The van der Waals surface area contributed by atoms with Crippen LogP contribution in [-0.4, -0.2) is 13.2 Å². The second-order valence-corrected chi connectivity index (χ2v) is 3.81. The fourth-order valence-corrected chi connectivity index (χ4v) is 1.43. The van der Waals surface area contributed by atoms with E-state index in [-0.39, 0.29) is 0 Å². The first-order valence-electron chi connectivity index (χ1n) is 6.26. The maximum atomic E-state index is 5.41. The van der Waals surface area contributed by atoms with Crippen LogP contribution in [0.25, 0.3) is 0 Å². The maximum absolute atomic E-state index is 5.41. The van der Waals surface area contributed by atoms with Gasteiger partial charge in [0.2, 0.25) is 0 Å². The molecule has 98 valence electrons. The molecular formula is C18H14O2. The third-order valence-electron chi connectivity index (χ3n) is 2.35. The number of para-hydroxylation sites is 2. The Hall–Kier alpha value is -2.84. The molecule has 0 atom stereocenters. The van der Waals surface area contributed by atoms with Gasteiger partial charge in [0.1, 0.15) is 24.7 Å². The van der Waals surface area contributed by atoms with Crippen LogP contribution in [0.15, 0.2) is 60.7 Å². The lowest BCUT2D eigenvalue weighted by atomic mass is 10.3. The summed E-state index contributed by atoms with van der Waals surface area (Å²) in [6.45, 7) is 0.663. The second kappa shape index (κ2) is 8.29. The summed E-state index contributed by atoms with van der Waals surface area (Å²) in [5.41, 5.74) is 0. The van der Waals surface area contributed by atoms with E-state index in [9.17, 15) is 0 Å². The van der Waals surface area contributed by atoms with E-state index in [1.54, 1.807) is 0 Å². The summed E-state index contributed by atoms with van der Waals surface area (Å²) < 4.78 is 10.8. The van der Waals surface area contributed by atoms with Gasteiger partial charge >= 0.3 is 0 Å². The minimum Gasteiger partial charge on any atom is -0.481 e. The van der Waals surface area contributed by atoms with E-state index >= 15 is 0 Å². The van der Waals surface area contributed by atoms with Crippen LogP contribution in [0.3, 0.4) is 0 Å². The van der Waals surface area contributed by atoms with Crippen molar-refractivity contribution >= 4 is 0 Å². The van der Waals surface area contributed by atoms with E-state index < -0.39 is 0 Å². The quantitative estimate of drug-likeness (QED) is 0.788. The van der Waals surface area contributed by atoms with Gasteiger partial charge in [-0.3, -0.25) is 0 Å². The third-order valence-corrected chi connectivity index (χ3v) is 2.35. The molecule has 20 heavy (non-hydrogen) atoms. The second-order valence-electron chi connectivity index (χ2n) is 3.81. The van der Waals surface area contributed by atoms with Gasteiger partial charge < -0.3 is 9.47 Å². The van der Waals surface area contributed by atoms with Crippen LogP contribution in [-0.2, 0) is 0 Å². The highest BCUT2D eigenvalue weighted by Crippen LogP contribution is 2.07. The van der Waals surface area contributed by atoms with Crippen LogP contribution in [0.4, 0.5) is 0 Å². The molecule has 0 aliphatic heterocycles. The Bertz CT molecular complexity index is 566. The topological polar surface area (TPSA) is 18.5 Å². The van der Waals surface area contributed by atoms with Crippen LogP contribution in [0.2, 0.25) is 0 Å². The SMILES string of the molecule is C(C#CCOc1ccccc1)#CCOc1ccccc1. The molecule has 0 bridgehead atoms. The van der Waals surface area contributed by atoms with Crippen molar-refractivity contribution in [2.75, 3.05) is 13.2 Å². The molecule has 0 N–H and O–H groups in total. The predicted octanol–water partition coefficient (Wildman–Crippen LogP) is 3.15. The lowest BCUT2D eigenvalue weighted by molar-refractivity contribution is 0.370. The van der Waals surface area contributed by atoms with Crippen molar-refractivity contribution in [3.8, 4) is 35.2 Å². The molecule has 0 spiro atoms. The van der Waals surface area contributed by atoms with E-state index in [1.165, 1.54) is 0 Å². The summed E-state index contributed by atoms with van der Waals surface area (Å²) in [5, 5.41) is 0. The smallest absolute Gasteiger partial charge is 0.150 e. The summed E-state index contributed by atoms with van der Waals surface area (Å²) in [5.74, 6) is 12.7. The molecule has 0 aliphatic rings. The summed E-state index contributed by atoms with van der Waals surface area (Å²) in [7, 11) is 0. The monoisotopic (exact) mass is 262 g/mol. The van der Waals surface area contributed by atoms with Gasteiger partial charge in [-0.15, -0.1) is 0 Å². The number of benzene rings is 2. The van der Waals surface area contributed by atoms with Crippen molar-refractivity contribution in [2.24, 2.45) is 0 Å². The summed E-state index contributed by atoms with van der Waals surface area (Å²) in [4.78, 5) is 0. The number of hydrogen-bond donors (Lipinski definition) is 0. The maximum Gasteiger partial charge on any atom is 0.150 e. The molecule has 2 nitrogen and oxygen atoms in total. The molecule has 2 heteroatoms. The average molecular weight is 262 g/mol. The van der Waals surface area contributed by atoms with Gasteiger partial charge in [-0.1, -0.05) is 36.4 Å². The zero-order valence-corrected chi connectivity index (χ0v) is 11.0. The number of rotatable bonds is 4. The van der Waals surface area contributed by atoms with Gasteiger partial charge in [-0.2, -0.15) is 0 Å². The first kappa shape index (κ1) is 13.6. The molecular weight excluding hydrogens is 248 g/mol. The van der Waals surface area contributed by atoms with Crippen LogP contribution in [0.5, 0.6) is 11.5 Å². The van der Waals surface area contributed by atoms with Gasteiger partial charge in [0.25, 0.3) is 0 Å². The predicted molar refractivity (Wildman–Crippen MR) is 79.4 cm³/mol. The summed E-state index contributed by atoms with van der Waals surface area (Å²) in [6, 6.07) is 19.1. The highest BCUT2D eigenvalue weighted by Gasteiger charge is 1.87.